The number of methoxy groups -OCH3 is 1. The summed E-state index contributed by atoms with van der Waals surface area (Å²) in [6.45, 7) is 6.70. The van der Waals surface area contributed by atoms with E-state index in [2.05, 4.69) is 19.9 Å². The Morgan fingerprint density at radius 2 is 1.65 bits per heavy atom. The molecule has 2 fully saturated rings. The van der Waals surface area contributed by atoms with Crippen LogP contribution in [0.4, 0.5) is 5.69 Å². The van der Waals surface area contributed by atoms with Gasteiger partial charge in [-0.2, -0.15) is 4.98 Å². The molecule has 0 saturated carbocycles. The van der Waals surface area contributed by atoms with E-state index in [4.69, 9.17) is 14.0 Å². The van der Waals surface area contributed by atoms with Crippen molar-refractivity contribution in [2.75, 3.05) is 64.5 Å². The molecule has 0 N–H and O–H groups in total. The number of anilines is 1. The number of carbonyl (C=O) groups excluding carboxylic acids is 1. The van der Waals surface area contributed by atoms with E-state index in [0.29, 0.717) is 31.3 Å². The lowest BCUT2D eigenvalue weighted by molar-refractivity contribution is 0.0615. The second-order valence-corrected chi connectivity index (χ2v) is 8.45. The normalized spacial score (nSPS) is 17.1. The summed E-state index contributed by atoms with van der Waals surface area (Å²) in [7, 11) is 1.64. The van der Waals surface area contributed by atoms with E-state index in [9.17, 15) is 4.79 Å². The van der Waals surface area contributed by atoms with E-state index in [1.807, 2.05) is 53.4 Å². The molecule has 3 aromatic rings. The third-order valence-electron chi connectivity index (χ3n) is 6.33. The van der Waals surface area contributed by atoms with E-state index in [1.54, 1.807) is 7.11 Å². The number of ether oxygens (including phenoxy) is 2. The molecule has 2 saturated heterocycles. The zero-order valence-electron chi connectivity index (χ0n) is 19.4. The van der Waals surface area contributed by atoms with Crippen LogP contribution < -0.4 is 9.64 Å². The fraction of sp³-hybridized carbons (Fsp3) is 0.400. The van der Waals surface area contributed by atoms with Crippen LogP contribution in [0.15, 0.2) is 53.1 Å². The number of hydrogen-bond acceptors (Lipinski definition) is 8. The molecule has 0 atom stereocenters. The van der Waals surface area contributed by atoms with Gasteiger partial charge in [-0.15, -0.1) is 0 Å². The second kappa shape index (κ2) is 10.2. The van der Waals surface area contributed by atoms with Crippen LogP contribution in [-0.4, -0.2) is 85.4 Å². The minimum Gasteiger partial charge on any atom is -0.497 e. The first-order valence-electron chi connectivity index (χ1n) is 11.6. The van der Waals surface area contributed by atoms with Crippen molar-refractivity contribution in [3.63, 3.8) is 0 Å². The number of morpholine rings is 1. The Labute approximate surface area is 198 Å². The monoisotopic (exact) mass is 463 g/mol. The van der Waals surface area contributed by atoms with Gasteiger partial charge in [0, 0.05) is 56.1 Å². The topological polar surface area (TPSA) is 84.2 Å². The maximum absolute atomic E-state index is 13.0. The van der Waals surface area contributed by atoms with Gasteiger partial charge in [0.15, 0.2) is 0 Å². The van der Waals surface area contributed by atoms with Crippen molar-refractivity contribution in [3.05, 3.63) is 60.0 Å². The lowest BCUT2D eigenvalue weighted by atomic mass is 10.1. The summed E-state index contributed by atoms with van der Waals surface area (Å²) in [5.74, 6) is 2.00. The molecule has 0 radical (unpaired) electrons. The molecule has 3 heterocycles. The second-order valence-electron chi connectivity index (χ2n) is 8.45. The van der Waals surface area contributed by atoms with Crippen molar-refractivity contribution in [2.24, 2.45) is 0 Å². The highest BCUT2D eigenvalue weighted by Gasteiger charge is 2.24. The molecule has 2 aliphatic heterocycles. The summed E-state index contributed by atoms with van der Waals surface area (Å²) in [5.41, 5.74) is 2.75. The highest BCUT2D eigenvalue weighted by molar-refractivity contribution is 5.94. The minimum absolute atomic E-state index is 0.0766. The van der Waals surface area contributed by atoms with E-state index in [0.717, 1.165) is 62.0 Å². The molecule has 0 unspecified atom stereocenters. The molecular weight excluding hydrogens is 434 g/mol. The molecule has 1 amide bonds. The molecular formula is C25H29N5O4. The van der Waals surface area contributed by atoms with Crippen LogP contribution in [0, 0.1) is 0 Å². The summed E-state index contributed by atoms with van der Waals surface area (Å²) in [5, 5.41) is 4.10. The van der Waals surface area contributed by atoms with Gasteiger partial charge in [0.1, 0.15) is 5.75 Å². The van der Waals surface area contributed by atoms with Crippen molar-refractivity contribution in [3.8, 4) is 17.1 Å². The Kier molecular flexibility index (Phi) is 6.73. The van der Waals surface area contributed by atoms with E-state index in [1.165, 1.54) is 0 Å². The number of hydrogen-bond donors (Lipinski definition) is 0. The van der Waals surface area contributed by atoms with Crippen molar-refractivity contribution in [1.82, 2.24) is 19.9 Å². The molecule has 2 aromatic carbocycles. The van der Waals surface area contributed by atoms with Crippen LogP contribution >= 0.6 is 0 Å². The van der Waals surface area contributed by atoms with Crippen LogP contribution in [0.2, 0.25) is 0 Å². The number of benzene rings is 2. The highest BCUT2D eigenvalue weighted by Crippen LogP contribution is 2.21. The molecule has 178 valence electrons. The molecule has 0 bridgehead atoms. The predicted molar refractivity (Wildman–Crippen MR) is 127 cm³/mol. The van der Waals surface area contributed by atoms with Crippen molar-refractivity contribution in [2.45, 2.75) is 6.54 Å². The average molecular weight is 464 g/mol. The minimum atomic E-state index is 0.0766. The van der Waals surface area contributed by atoms with Crippen LogP contribution in [0.3, 0.4) is 0 Å². The van der Waals surface area contributed by atoms with Crippen LogP contribution in [0.25, 0.3) is 11.4 Å². The Balaban J connectivity index is 1.13. The predicted octanol–water partition coefficient (Wildman–Crippen LogP) is 2.54. The number of amides is 1. The Hall–Kier alpha value is -3.43. The van der Waals surface area contributed by atoms with Gasteiger partial charge in [-0.25, -0.2) is 0 Å². The molecule has 9 nitrogen and oxygen atoms in total. The van der Waals surface area contributed by atoms with E-state index >= 15 is 0 Å². The number of carbonyl (C=O) groups is 1. The first-order chi connectivity index (χ1) is 16.7. The number of rotatable bonds is 6. The maximum atomic E-state index is 13.0. The summed E-state index contributed by atoms with van der Waals surface area (Å²) in [4.78, 5) is 23.9. The van der Waals surface area contributed by atoms with Crippen LogP contribution in [0.5, 0.6) is 5.75 Å². The van der Waals surface area contributed by atoms with Gasteiger partial charge in [-0.3, -0.25) is 9.69 Å². The van der Waals surface area contributed by atoms with Crippen molar-refractivity contribution in [1.29, 1.82) is 0 Å². The van der Waals surface area contributed by atoms with Crippen molar-refractivity contribution < 1.29 is 18.8 Å². The molecule has 34 heavy (non-hydrogen) atoms. The van der Waals surface area contributed by atoms with Gasteiger partial charge < -0.3 is 23.8 Å². The fourth-order valence-electron chi connectivity index (χ4n) is 4.30. The molecule has 1 aromatic heterocycles. The average Bonchev–Trinajstić information content (AvgIpc) is 3.38. The van der Waals surface area contributed by atoms with Crippen LogP contribution in [-0.2, 0) is 11.3 Å². The molecule has 0 spiro atoms. The maximum Gasteiger partial charge on any atom is 0.253 e. The number of piperazine rings is 1. The van der Waals surface area contributed by atoms with E-state index < -0.39 is 0 Å². The first-order valence-corrected chi connectivity index (χ1v) is 11.6. The summed E-state index contributed by atoms with van der Waals surface area (Å²) >= 11 is 0. The molecule has 0 aliphatic carbocycles. The van der Waals surface area contributed by atoms with Crippen LogP contribution in [0.1, 0.15) is 16.2 Å². The highest BCUT2D eigenvalue weighted by atomic mass is 16.5. The van der Waals surface area contributed by atoms with E-state index in [-0.39, 0.29) is 5.91 Å². The zero-order chi connectivity index (χ0) is 23.3. The fourth-order valence-corrected chi connectivity index (χ4v) is 4.30. The Morgan fingerprint density at radius 3 is 2.32 bits per heavy atom. The quantitative estimate of drug-likeness (QED) is 0.552. The molecule has 2 aliphatic rings. The smallest absolute Gasteiger partial charge is 0.253 e. The summed E-state index contributed by atoms with van der Waals surface area (Å²) < 4.78 is 16.1. The number of nitrogens with zero attached hydrogens (tertiary/aromatic N) is 5. The third kappa shape index (κ3) is 5.05. The van der Waals surface area contributed by atoms with Gasteiger partial charge >= 0.3 is 0 Å². The van der Waals surface area contributed by atoms with Gasteiger partial charge in [0.05, 0.1) is 26.9 Å². The summed E-state index contributed by atoms with van der Waals surface area (Å²) in [6, 6.07) is 15.5. The van der Waals surface area contributed by atoms with Gasteiger partial charge in [0.2, 0.25) is 11.7 Å². The lowest BCUT2D eigenvalue weighted by Gasteiger charge is -2.34. The first kappa shape index (κ1) is 22.4. The van der Waals surface area contributed by atoms with Gasteiger partial charge in [-0.1, -0.05) is 5.16 Å². The Morgan fingerprint density at radius 1 is 0.941 bits per heavy atom. The third-order valence-corrected chi connectivity index (χ3v) is 6.33. The van der Waals surface area contributed by atoms with Gasteiger partial charge in [0.25, 0.3) is 5.91 Å². The Bertz CT molecular complexity index is 1090. The van der Waals surface area contributed by atoms with Crippen molar-refractivity contribution >= 4 is 11.6 Å². The van der Waals surface area contributed by atoms with Gasteiger partial charge in [-0.05, 0) is 48.5 Å². The number of aromatic nitrogens is 2. The zero-order valence-corrected chi connectivity index (χ0v) is 19.4. The lowest BCUT2D eigenvalue weighted by Crippen LogP contribution is -2.48. The molecule has 5 rings (SSSR count). The molecule has 9 heteroatoms. The summed E-state index contributed by atoms with van der Waals surface area (Å²) in [6.07, 6.45) is 0. The SMILES string of the molecule is COc1ccc(-c2noc(CN3CCN(C(=O)c4ccc(N5CCOCC5)cc4)CC3)n2)cc1. The largest absolute Gasteiger partial charge is 0.497 e. The standard InChI is InChI=1S/C25H29N5O4/c1-32-22-8-4-19(5-9-22)24-26-23(34-27-24)18-28-10-12-30(13-11-28)25(31)20-2-6-21(7-3-20)29-14-16-33-17-15-29/h2-9H,10-18H2,1H3.